The molecule has 1 aliphatic rings. The molecule has 2 heterocycles. The first-order valence-electron chi connectivity index (χ1n) is 7.13. The summed E-state index contributed by atoms with van der Waals surface area (Å²) in [7, 11) is 0. The van der Waals surface area contributed by atoms with Gasteiger partial charge in [-0.05, 0) is 19.8 Å². The van der Waals surface area contributed by atoms with Gasteiger partial charge in [-0.15, -0.1) is 11.3 Å². The lowest BCUT2D eigenvalue weighted by Crippen LogP contribution is -2.33. The molecular formula is C16H18N2O2S. The van der Waals surface area contributed by atoms with E-state index in [1.807, 2.05) is 5.38 Å². The van der Waals surface area contributed by atoms with Crippen LogP contribution in [0, 0.1) is 6.92 Å². The van der Waals surface area contributed by atoms with E-state index in [1.54, 1.807) is 11.3 Å². The number of carbonyl (C=O) groups is 1. The third kappa shape index (κ3) is 3.49. The van der Waals surface area contributed by atoms with E-state index in [-0.39, 0.29) is 12.0 Å². The average Bonchev–Trinajstić information content (AvgIpc) is 3.17. The van der Waals surface area contributed by atoms with Crippen LogP contribution in [0.25, 0.3) is 10.6 Å². The lowest BCUT2D eigenvalue weighted by molar-refractivity contribution is -0.130. The van der Waals surface area contributed by atoms with Crippen molar-refractivity contribution in [2.24, 2.45) is 0 Å². The van der Waals surface area contributed by atoms with Gasteiger partial charge in [0, 0.05) is 17.6 Å². The van der Waals surface area contributed by atoms with Gasteiger partial charge in [-0.2, -0.15) is 0 Å². The summed E-state index contributed by atoms with van der Waals surface area (Å²) in [5.74, 6) is -0.0302. The molecule has 0 radical (unpaired) electrons. The Balaban J connectivity index is 1.60. The highest BCUT2D eigenvalue weighted by atomic mass is 32.1. The third-order valence-electron chi connectivity index (χ3n) is 3.52. The van der Waals surface area contributed by atoms with E-state index in [4.69, 9.17) is 4.74 Å². The summed E-state index contributed by atoms with van der Waals surface area (Å²) in [5.41, 5.74) is 3.24. The van der Waals surface area contributed by atoms with Crippen molar-refractivity contribution < 1.29 is 9.53 Å². The van der Waals surface area contributed by atoms with Gasteiger partial charge in [0.1, 0.15) is 11.1 Å². The molecular weight excluding hydrogens is 284 g/mol. The molecule has 1 fully saturated rings. The zero-order valence-electron chi connectivity index (χ0n) is 12.0. The fourth-order valence-corrected chi connectivity index (χ4v) is 3.12. The molecule has 1 atom stereocenters. The van der Waals surface area contributed by atoms with Gasteiger partial charge in [0.15, 0.2) is 0 Å². The van der Waals surface area contributed by atoms with Gasteiger partial charge in [-0.1, -0.05) is 29.8 Å². The lowest BCUT2D eigenvalue weighted by atomic mass is 10.2. The maximum absolute atomic E-state index is 11.9. The van der Waals surface area contributed by atoms with E-state index < -0.39 is 0 Å². The summed E-state index contributed by atoms with van der Waals surface area (Å²) in [6.45, 7) is 3.21. The number of hydrogen-bond acceptors (Lipinski definition) is 4. The molecule has 1 aliphatic heterocycles. The van der Waals surface area contributed by atoms with Crippen LogP contribution in [-0.4, -0.2) is 23.6 Å². The highest BCUT2D eigenvalue weighted by molar-refractivity contribution is 7.13. The Hall–Kier alpha value is -1.72. The monoisotopic (exact) mass is 302 g/mol. The van der Waals surface area contributed by atoms with E-state index in [2.05, 4.69) is 41.5 Å². The molecule has 0 saturated carbocycles. The molecule has 2 aromatic rings. The Morgan fingerprint density at radius 3 is 2.95 bits per heavy atom. The molecule has 1 saturated heterocycles. The van der Waals surface area contributed by atoms with Crippen molar-refractivity contribution in [2.75, 3.05) is 6.61 Å². The summed E-state index contributed by atoms with van der Waals surface area (Å²) in [6.07, 6.45) is 1.50. The van der Waals surface area contributed by atoms with Gasteiger partial charge in [0.2, 0.25) is 5.91 Å². The number of amides is 1. The molecule has 0 bridgehead atoms. The lowest BCUT2D eigenvalue weighted by Gasteiger charge is -2.08. The van der Waals surface area contributed by atoms with Crippen molar-refractivity contribution in [1.29, 1.82) is 0 Å². The van der Waals surface area contributed by atoms with E-state index in [0.717, 1.165) is 29.1 Å². The summed E-state index contributed by atoms with van der Waals surface area (Å²) >= 11 is 1.60. The molecule has 5 heteroatoms. The van der Waals surface area contributed by atoms with Gasteiger partial charge in [-0.3, -0.25) is 4.79 Å². The predicted octanol–water partition coefficient (Wildman–Crippen LogP) is 2.91. The second-order valence-electron chi connectivity index (χ2n) is 5.23. The molecule has 4 nitrogen and oxygen atoms in total. The van der Waals surface area contributed by atoms with Gasteiger partial charge >= 0.3 is 0 Å². The smallest absolute Gasteiger partial charge is 0.249 e. The van der Waals surface area contributed by atoms with Crippen molar-refractivity contribution in [2.45, 2.75) is 32.4 Å². The minimum atomic E-state index is -0.278. The second-order valence-corrected chi connectivity index (χ2v) is 6.09. The average molecular weight is 302 g/mol. The van der Waals surface area contributed by atoms with Crippen LogP contribution < -0.4 is 5.32 Å². The Morgan fingerprint density at radius 2 is 2.24 bits per heavy atom. The molecule has 21 heavy (non-hydrogen) atoms. The number of rotatable bonds is 4. The summed E-state index contributed by atoms with van der Waals surface area (Å²) < 4.78 is 5.36. The zero-order valence-corrected chi connectivity index (χ0v) is 12.8. The molecule has 110 valence electrons. The van der Waals surface area contributed by atoms with Crippen LogP contribution in [-0.2, 0) is 16.1 Å². The first-order chi connectivity index (χ1) is 10.2. The number of hydrogen-bond donors (Lipinski definition) is 1. The minimum Gasteiger partial charge on any atom is -0.368 e. The van der Waals surface area contributed by atoms with E-state index in [1.165, 1.54) is 5.56 Å². The largest absolute Gasteiger partial charge is 0.368 e. The summed E-state index contributed by atoms with van der Waals surface area (Å²) in [4.78, 5) is 16.4. The van der Waals surface area contributed by atoms with Gasteiger partial charge < -0.3 is 10.1 Å². The van der Waals surface area contributed by atoms with Crippen molar-refractivity contribution in [3.63, 3.8) is 0 Å². The van der Waals surface area contributed by atoms with Crippen molar-refractivity contribution in [1.82, 2.24) is 10.3 Å². The fourth-order valence-electron chi connectivity index (χ4n) is 2.29. The number of benzene rings is 1. The van der Waals surface area contributed by atoms with E-state index in [9.17, 15) is 4.79 Å². The van der Waals surface area contributed by atoms with Crippen LogP contribution in [0.3, 0.4) is 0 Å². The van der Waals surface area contributed by atoms with Crippen LogP contribution in [0.15, 0.2) is 29.6 Å². The number of aromatic nitrogens is 1. The molecule has 0 unspecified atom stereocenters. The Labute approximate surface area is 128 Å². The van der Waals surface area contributed by atoms with E-state index in [0.29, 0.717) is 13.2 Å². The molecule has 1 aromatic heterocycles. The van der Waals surface area contributed by atoms with Crippen LogP contribution in [0.1, 0.15) is 24.1 Å². The third-order valence-corrected chi connectivity index (χ3v) is 4.46. The quantitative estimate of drug-likeness (QED) is 0.945. The predicted molar refractivity (Wildman–Crippen MR) is 83.1 cm³/mol. The van der Waals surface area contributed by atoms with Gasteiger partial charge in [0.05, 0.1) is 12.2 Å². The normalized spacial score (nSPS) is 17.9. The van der Waals surface area contributed by atoms with Crippen molar-refractivity contribution in [3.05, 3.63) is 40.9 Å². The van der Waals surface area contributed by atoms with Crippen molar-refractivity contribution in [3.8, 4) is 10.6 Å². The summed E-state index contributed by atoms with van der Waals surface area (Å²) in [6, 6.07) is 8.30. The van der Waals surface area contributed by atoms with Crippen LogP contribution in [0.5, 0.6) is 0 Å². The number of thiazole rings is 1. The summed E-state index contributed by atoms with van der Waals surface area (Å²) in [5, 5.41) is 5.87. The minimum absolute atomic E-state index is 0.0302. The second kappa shape index (κ2) is 6.37. The Morgan fingerprint density at radius 1 is 1.43 bits per heavy atom. The number of carbonyl (C=O) groups excluding carboxylic acids is 1. The highest BCUT2D eigenvalue weighted by Gasteiger charge is 2.23. The van der Waals surface area contributed by atoms with Crippen LogP contribution in [0.2, 0.25) is 0 Å². The number of nitrogens with zero attached hydrogens (tertiary/aromatic N) is 1. The topological polar surface area (TPSA) is 51.2 Å². The van der Waals surface area contributed by atoms with Gasteiger partial charge in [0.25, 0.3) is 0 Å². The Bertz CT molecular complexity index is 615. The number of ether oxygens (including phenoxy) is 1. The molecule has 1 amide bonds. The molecule has 1 N–H and O–H groups in total. The zero-order chi connectivity index (χ0) is 14.7. The van der Waals surface area contributed by atoms with E-state index >= 15 is 0 Å². The number of nitrogens with one attached hydrogen (secondary N) is 1. The molecule has 0 spiro atoms. The highest BCUT2D eigenvalue weighted by Crippen LogP contribution is 2.24. The SMILES string of the molecule is Cc1ccc(-c2nc(CNC(=O)[C@H]3CCCO3)cs2)cc1. The standard InChI is InChI=1S/C16H18N2O2S/c1-11-4-6-12(7-5-11)16-18-13(10-21-16)9-17-15(19)14-3-2-8-20-14/h4-7,10,14H,2-3,8-9H2,1H3,(H,17,19)/t14-/m1/s1. The first kappa shape index (κ1) is 14.2. The first-order valence-corrected chi connectivity index (χ1v) is 8.01. The molecule has 3 rings (SSSR count). The molecule has 1 aromatic carbocycles. The van der Waals surface area contributed by atoms with Crippen LogP contribution in [0.4, 0.5) is 0 Å². The van der Waals surface area contributed by atoms with Crippen molar-refractivity contribution >= 4 is 17.2 Å². The maximum Gasteiger partial charge on any atom is 0.249 e. The maximum atomic E-state index is 11.9. The van der Waals surface area contributed by atoms with Crippen LogP contribution >= 0.6 is 11.3 Å². The fraction of sp³-hybridized carbons (Fsp3) is 0.375. The molecule has 0 aliphatic carbocycles. The Kier molecular flexibility index (Phi) is 4.31. The van der Waals surface area contributed by atoms with Gasteiger partial charge in [-0.25, -0.2) is 4.98 Å². The number of aryl methyl sites for hydroxylation is 1.